The van der Waals surface area contributed by atoms with E-state index in [1.54, 1.807) is 0 Å². The van der Waals surface area contributed by atoms with Gasteiger partial charge < -0.3 is 15.5 Å². The Kier molecular flexibility index (Phi) is 5.78. The Hall–Kier alpha value is -2.29. The average molecular weight is 283 g/mol. The van der Waals surface area contributed by atoms with Crippen LogP contribution in [0.1, 0.15) is 25.2 Å². The maximum atomic E-state index is 11.5. The standard InChI is InChI=1S/C11H17N5O4/c1-3-6-7(4-2)15-16-10(13-6)14-11(20)12-5-8(17)9(18)19/h8,17H,3-5H2,1-2H3,(H,18,19)(H2,12,13,14,16,20). The summed E-state index contributed by atoms with van der Waals surface area (Å²) in [4.78, 5) is 26.0. The van der Waals surface area contributed by atoms with E-state index in [2.05, 4.69) is 25.8 Å². The summed E-state index contributed by atoms with van der Waals surface area (Å²) < 4.78 is 0. The topological polar surface area (TPSA) is 137 Å². The second kappa shape index (κ2) is 7.34. The fraction of sp³-hybridized carbons (Fsp3) is 0.545. The third kappa shape index (κ3) is 4.43. The minimum absolute atomic E-state index is 0.0290. The molecule has 9 nitrogen and oxygen atoms in total. The second-order valence-electron chi connectivity index (χ2n) is 3.92. The van der Waals surface area contributed by atoms with Crippen LogP contribution < -0.4 is 10.6 Å². The number of nitrogens with zero attached hydrogens (tertiary/aromatic N) is 3. The zero-order chi connectivity index (χ0) is 15.1. The van der Waals surface area contributed by atoms with Crippen LogP contribution in [0.5, 0.6) is 0 Å². The van der Waals surface area contributed by atoms with Gasteiger partial charge in [-0.25, -0.2) is 14.6 Å². The average Bonchev–Trinajstić information content (AvgIpc) is 2.44. The van der Waals surface area contributed by atoms with E-state index in [1.807, 2.05) is 13.8 Å². The molecule has 1 rings (SSSR count). The molecule has 0 fully saturated rings. The van der Waals surface area contributed by atoms with Crippen LogP contribution in [-0.2, 0) is 17.6 Å². The molecule has 1 heterocycles. The summed E-state index contributed by atoms with van der Waals surface area (Å²) in [7, 11) is 0. The maximum Gasteiger partial charge on any atom is 0.334 e. The molecule has 0 bridgehead atoms. The van der Waals surface area contributed by atoms with E-state index in [-0.39, 0.29) is 5.95 Å². The first-order valence-electron chi connectivity index (χ1n) is 6.16. The van der Waals surface area contributed by atoms with Gasteiger partial charge in [0.05, 0.1) is 17.9 Å². The number of nitrogens with one attached hydrogen (secondary N) is 2. The molecule has 0 saturated heterocycles. The highest BCUT2D eigenvalue weighted by molar-refractivity contribution is 5.87. The van der Waals surface area contributed by atoms with Crippen molar-refractivity contribution in [3.05, 3.63) is 11.4 Å². The van der Waals surface area contributed by atoms with Crippen LogP contribution in [0.3, 0.4) is 0 Å². The highest BCUT2D eigenvalue weighted by Crippen LogP contribution is 2.06. The number of aliphatic hydroxyl groups excluding tert-OH is 1. The summed E-state index contributed by atoms with van der Waals surface area (Å²) in [5, 5.41) is 29.7. The Labute approximate surface area is 115 Å². The molecule has 4 N–H and O–H groups in total. The SMILES string of the molecule is CCc1nnc(NC(=O)NCC(O)C(=O)O)nc1CC. The van der Waals surface area contributed by atoms with Crippen LogP contribution in [0.15, 0.2) is 0 Å². The highest BCUT2D eigenvalue weighted by Gasteiger charge is 2.15. The molecule has 110 valence electrons. The van der Waals surface area contributed by atoms with Gasteiger partial charge in [0.1, 0.15) is 0 Å². The van der Waals surface area contributed by atoms with E-state index in [4.69, 9.17) is 10.2 Å². The number of aliphatic carboxylic acids is 1. The second-order valence-corrected chi connectivity index (χ2v) is 3.92. The molecule has 0 spiro atoms. The fourth-order valence-electron chi connectivity index (χ4n) is 1.41. The first-order valence-corrected chi connectivity index (χ1v) is 6.16. The number of carbonyl (C=O) groups excluding carboxylic acids is 1. The van der Waals surface area contributed by atoms with Crippen LogP contribution in [0, 0.1) is 0 Å². The smallest absolute Gasteiger partial charge is 0.334 e. The van der Waals surface area contributed by atoms with E-state index >= 15 is 0 Å². The lowest BCUT2D eigenvalue weighted by atomic mass is 10.2. The lowest BCUT2D eigenvalue weighted by molar-refractivity contribution is -0.146. The molecule has 1 atom stereocenters. The van der Waals surface area contributed by atoms with Crippen LogP contribution >= 0.6 is 0 Å². The summed E-state index contributed by atoms with van der Waals surface area (Å²) in [5.74, 6) is -1.38. The third-order valence-electron chi connectivity index (χ3n) is 2.48. The van der Waals surface area contributed by atoms with Gasteiger partial charge in [0.25, 0.3) is 5.95 Å². The highest BCUT2D eigenvalue weighted by atomic mass is 16.4. The number of amides is 2. The zero-order valence-electron chi connectivity index (χ0n) is 11.3. The molecule has 1 unspecified atom stereocenters. The van der Waals surface area contributed by atoms with E-state index in [9.17, 15) is 9.59 Å². The fourth-order valence-corrected chi connectivity index (χ4v) is 1.41. The Balaban J connectivity index is 2.60. The van der Waals surface area contributed by atoms with Gasteiger partial charge in [0.2, 0.25) is 0 Å². The summed E-state index contributed by atoms with van der Waals surface area (Å²) in [5.41, 5.74) is 1.50. The molecule has 0 aliphatic carbocycles. The Morgan fingerprint density at radius 3 is 2.40 bits per heavy atom. The molecule has 1 aromatic rings. The van der Waals surface area contributed by atoms with Crippen LogP contribution in [-0.4, -0.2) is 50.0 Å². The number of urea groups is 1. The largest absolute Gasteiger partial charge is 0.479 e. The lowest BCUT2D eigenvalue weighted by Crippen LogP contribution is -2.39. The van der Waals surface area contributed by atoms with Crippen LogP contribution in [0.2, 0.25) is 0 Å². The number of anilines is 1. The Morgan fingerprint density at radius 1 is 1.20 bits per heavy atom. The van der Waals surface area contributed by atoms with Gasteiger partial charge in [-0.05, 0) is 12.8 Å². The third-order valence-corrected chi connectivity index (χ3v) is 2.48. The van der Waals surface area contributed by atoms with E-state index in [0.717, 1.165) is 11.4 Å². The predicted octanol–water partition coefficient (Wildman–Crippen LogP) is -0.437. The summed E-state index contributed by atoms with van der Waals surface area (Å²) >= 11 is 0. The Morgan fingerprint density at radius 2 is 1.85 bits per heavy atom. The number of carboxylic acids is 1. The molecule has 0 aliphatic rings. The van der Waals surface area contributed by atoms with Crippen molar-refractivity contribution in [1.82, 2.24) is 20.5 Å². The first kappa shape index (κ1) is 15.8. The minimum Gasteiger partial charge on any atom is -0.479 e. The molecular formula is C11H17N5O4. The molecule has 0 saturated carbocycles. The molecule has 0 aromatic carbocycles. The number of hydrogen-bond acceptors (Lipinski definition) is 6. The van der Waals surface area contributed by atoms with Crippen LogP contribution in [0.4, 0.5) is 10.7 Å². The molecular weight excluding hydrogens is 266 g/mol. The van der Waals surface area contributed by atoms with E-state index < -0.39 is 24.6 Å². The monoisotopic (exact) mass is 283 g/mol. The van der Waals surface area contributed by atoms with Gasteiger partial charge >= 0.3 is 12.0 Å². The van der Waals surface area contributed by atoms with Crippen molar-refractivity contribution in [3.63, 3.8) is 0 Å². The number of carboxylic acid groups (broad SMARTS) is 1. The lowest BCUT2D eigenvalue weighted by Gasteiger charge is -2.09. The normalized spacial score (nSPS) is 11.8. The van der Waals surface area contributed by atoms with Crippen molar-refractivity contribution in [1.29, 1.82) is 0 Å². The number of aryl methyl sites for hydroxylation is 2. The maximum absolute atomic E-state index is 11.5. The van der Waals surface area contributed by atoms with Gasteiger partial charge in [0.15, 0.2) is 6.10 Å². The van der Waals surface area contributed by atoms with Crippen molar-refractivity contribution in [3.8, 4) is 0 Å². The summed E-state index contributed by atoms with van der Waals surface area (Å²) in [6.45, 7) is 3.43. The van der Waals surface area contributed by atoms with Crippen molar-refractivity contribution in [2.45, 2.75) is 32.8 Å². The first-order chi connectivity index (χ1) is 9.47. The van der Waals surface area contributed by atoms with Gasteiger partial charge in [-0.3, -0.25) is 5.32 Å². The van der Waals surface area contributed by atoms with E-state index in [0.29, 0.717) is 12.8 Å². The van der Waals surface area contributed by atoms with Crippen molar-refractivity contribution in [2.75, 3.05) is 11.9 Å². The quantitative estimate of drug-likeness (QED) is 0.555. The Bertz CT molecular complexity index is 494. The number of hydrogen-bond donors (Lipinski definition) is 4. The molecule has 0 aliphatic heterocycles. The number of carbonyl (C=O) groups is 2. The molecule has 2 amide bonds. The molecule has 1 aromatic heterocycles. The zero-order valence-corrected chi connectivity index (χ0v) is 11.3. The van der Waals surface area contributed by atoms with Gasteiger partial charge in [0, 0.05) is 0 Å². The van der Waals surface area contributed by atoms with Crippen molar-refractivity contribution in [2.24, 2.45) is 0 Å². The van der Waals surface area contributed by atoms with Gasteiger partial charge in [-0.1, -0.05) is 13.8 Å². The van der Waals surface area contributed by atoms with Gasteiger partial charge in [-0.15, -0.1) is 10.2 Å². The van der Waals surface area contributed by atoms with Crippen molar-refractivity contribution >= 4 is 17.9 Å². The molecule has 0 radical (unpaired) electrons. The number of aromatic nitrogens is 3. The summed E-state index contributed by atoms with van der Waals surface area (Å²) in [6, 6.07) is -0.710. The number of aliphatic hydroxyl groups is 1. The van der Waals surface area contributed by atoms with Crippen molar-refractivity contribution < 1.29 is 19.8 Å². The number of rotatable bonds is 6. The van der Waals surface area contributed by atoms with E-state index in [1.165, 1.54) is 0 Å². The summed E-state index contributed by atoms with van der Waals surface area (Å²) in [6.07, 6.45) is -0.304. The van der Waals surface area contributed by atoms with Crippen LogP contribution in [0.25, 0.3) is 0 Å². The molecule has 9 heteroatoms. The predicted molar refractivity (Wildman–Crippen MR) is 69.2 cm³/mol. The minimum atomic E-state index is -1.66. The van der Waals surface area contributed by atoms with Gasteiger partial charge in [-0.2, -0.15) is 0 Å². The molecule has 20 heavy (non-hydrogen) atoms.